The Bertz CT molecular complexity index is 128. The van der Waals surface area contributed by atoms with Gasteiger partial charge in [0.1, 0.15) is 0 Å². The summed E-state index contributed by atoms with van der Waals surface area (Å²) >= 11 is 0. The SMILES string of the molecule is CCCCCN(CCC(C)C)CCC(C)C. The largest absolute Gasteiger partial charge is 0.303 e. The molecule has 98 valence electrons. The molecule has 0 aromatic heterocycles. The van der Waals surface area contributed by atoms with E-state index in [1.165, 1.54) is 51.7 Å². The minimum atomic E-state index is 0.840. The first-order valence-corrected chi connectivity index (χ1v) is 7.28. The second-order valence-electron chi connectivity index (χ2n) is 5.91. The van der Waals surface area contributed by atoms with Crippen LogP contribution in [-0.2, 0) is 0 Å². The Morgan fingerprint density at radius 1 is 0.750 bits per heavy atom. The number of hydrogen-bond donors (Lipinski definition) is 0. The van der Waals surface area contributed by atoms with E-state index < -0.39 is 0 Å². The average Bonchev–Trinajstić information content (AvgIpc) is 2.21. The first kappa shape index (κ1) is 16.0. The Labute approximate surface area is 104 Å². The lowest BCUT2D eigenvalue weighted by Crippen LogP contribution is -2.28. The van der Waals surface area contributed by atoms with Gasteiger partial charge in [0.15, 0.2) is 0 Å². The summed E-state index contributed by atoms with van der Waals surface area (Å²) in [6.07, 6.45) is 6.81. The van der Waals surface area contributed by atoms with Gasteiger partial charge in [-0.2, -0.15) is 0 Å². The van der Waals surface area contributed by atoms with Gasteiger partial charge < -0.3 is 4.90 Å². The van der Waals surface area contributed by atoms with Gasteiger partial charge in [-0.1, -0.05) is 47.5 Å². The molecule has 0 fully saturated rings. The van der Waals surface area contributed by atoms with E-state index in [2.05, 4.69) is 39.5 Å². The van der Waals surface area contributed by atoms with Crippen molar-refractivity contribution in [2.45, 2.75) is 66.7 Å². The van der Waals surface area contributed by atoms with Crippen molar-refractivity contribution in [1.29, 1.82) is 0 Å². The molecule has 0 aliphatic rings. The van der Waals surface area contributed by atoms with Crippen LogP contribution in [0.5, 0.6) is 0 Å². The third-order valence-corrected chi connectivity index (χ3v) is 3.12. The molecule has 0 atom stereocenters. The fourth-order valence-corrected chi connectivity index (χ4v) is 1.80. The monoisotopic (exact) mass is 227 g/mol. The first-order valence-electron chi connectivity index (χ1n) is 7.28. The first-order chi connectivity index (χ1) is 7.56. The van der Waals surface area contributed by atoms with Crippen LogP contribution in [0.25, 0.3) is 0 Å². The molecule has 0 N–H and O–H groups in total. The molecule has 0 unspecified atom stereocenters. The minimum absolute atomic E-state index is 0.840. The van der Waals surface area contributed by atoms with Crippen molar-refractivity contribution < 1.29 is 0 Å². The molecule has 0 spiro atoms. The molecule has 1 nitrogen and oxygen atoms in total. The molecule has 0 heterocycles. The summed E-state index contributed by atoms with van der Waals surface area (Å²) in [5.74, 6) is 1.68. The van der Waals surface area contributed by atoms with Crippen LogP contribution < -0.4 is 0 Å². The lowest BCUT2D eigenvalue weighted by atomic mass is 10.1. The molecule has 16 heavy (non-hydrogen) atoms. The number of rotatable bonds is 10. The number of hydrogen-bond acceptors (Lipinski definition) is 1. The highest BCUT2D eigenvalue weighted by Crippen LogP contribution is 2.08. The summed E-state index contributed by atoms with van der Waals surface area (Å²) in [7, 11) is 0. The Kier molecular flexibility index (Phi) is 10.1. The van der Waals surface area contributed by atoms with Gasteiger partial charge >= 0.3 is 0 Å². The zero-order valence-electron chi connectivity index (χ0n) is 12.3. The lowest BCUT2D eigenvalue weighted by Gasteiger charge is -2.24. The topological polar surface area (TPSA) is 3.24 Å². The van der Waals surface area contributed by atoms with Crippen LogP contribution in [0.2, 0.25) is 0 Å². The lowest BCUT2D eigenvalue weighted by molar-refractivity contribution is 0.239. The van der Waals surface area contributed by atoms with Crippen LogP contribution in [0.15, 0.2) is 0 Å². The molecule has 0 aromatic rings. The van der Waals surface area contributed by atoms with E-state index in [1.807, 2.05) is 0 Å². The summed E-state index contributed by atoms with van der Waals surface area (Å²) in [6.45, 7) is 15.5. The Balaban J connectivity index is 3.76. The number of unbranched alkanes of at least 4 members (excludes halogenated alkanes) is 2. The van der Waals surface area contributed by atoms with Crippen LogP contribution >= 0.6 is 0 Å². The van der Waals surface area contributed by atoms with E-state index in [0.29, 0.717) is 0 Å². The average molecular weight is 227 g/mol. The van der Waals surface area contributed by atoms with Crippen molar-refractivity contribution in [2.75, 3.05) is 19.6 Å². The zero-order chi connectivity index (χ0) is 12.4. The van der Waals surface area contributed by atoms with Crippen molar-refractivity contribution in [3.8, 4) is 0 Å². The van der Waals surface area contributed by atoms with E-state index in [-0.39, 0.29) is 0 Å². The molecular formula is C15H33N. The molecule has 0 radical (unpaired) electrons. The molecule has 0 saturated carbocycles. The standard InChI is InChI=1S/C15H33N/c1-6-7-8-11-16(12-9-14(2)3)13-10-15(4)5/h14-15H,6-13H2,1-5H3. The van der Waals surface area contributed by atoms with Gasteiger partial charge in [-0.15, -0.1) is 0 Å². The summed E-state index contributed by atoms with van der Waals surface area (Å²) in [4.78, 5) is 2.68. The summed E-state index contributed by atoms with van der Waals surface area (Å²) in [5.41, 5.74) is 0. The number of nitrogens with zero attached hydrogens (tertiary/aromatic N) is 1. The van der Waals surface area contributed by atoms with E-state index in [0.717, 1.165) is 11.8 Å². The Morgan fingerprint density at radius 3 is 1.62 bits per heavy atom. The van der Waals surface area contributed by atoms with Gasteiger partial charge in [-0.25, -0.2) is 0 Å². The normalized spacial score (nSPS) is 12.0. The van der Waals surface area contributed by atoms with Gasteiger partial charge in [-0.05, 0) is 50.7 Å². The quantitative estimate of drug-likeness (QED) is 0.494. The summed E-state index contributed by atoms with van der Waals surface area (Å²) in [6, 6.07) is 0. The van der Waals surface area contributed by atoms with Gasteiger partial charge in [0.25, 0.3) is 0 Å². The molecule has 0 aromatic carbocycles. The molecule has 0 bridgehead atoms. The van der Waals surface area contributed by atoms with Gasteiger partial charge in [0.05, 0.1) is 0 Å². The predicted octanol–water partition coefficient (Wildman–Crippen LogP) is 4.57. The molecule has 0 aliphatic heterocycles. The predicted molar refractivity (Wildman–Crippen MR) is 74.9 cm³/mol. The second kappa shape index (κ2) is 10.1. The fourth-order valence-electron chi connectivity index (χ4n) is 1.80. The third kappa shape index (κ3) is 10.5. The van der Waals surface area contributed by atoms with Crippen molar-refractivity contribution in [3.05, 3.63) is 0 Å². The fraction of sp³-hybridized carbons (Fsp3) is 1.00. The van der Waals surface area contributed by atoms with Crippen molar-refractivity contribution in [2.24, 2.45) is 11.8 Å². The van der Waals surface area contributed by atoms with Crippen LogP contribution in [0.3, 0.4) is 0 Å². The van der Waals surface area contributed by atoms with E-state index in [4.69, 9.17) is 0 Å². The molecule has 0 aliphatic carbocycles. The van der Waals surface area contributed by atoms with Crippen LogP contribution in [-0.4, -0.2) is 24.5 Å². The third-order valence-electron chi connectivity index (χ3n) is 3.12. The van der Waals surface area contributed by atoms with Crippen LogP contribution in [0, 0.1) is 11.8 Å². The highest BCUT2D eigenvalue weighted by atomic mass is 15.1. The van der Waals surface area contributed by atoms with Gasteiger partial charge in [-0.3, -0.25) is 0 Å². The Hall–Kier alpha value is -0.0400. The van der Waals surface area contributed by atoms with E-state index >= 15 is 0 Å². The smallest absolute Gasteiger partial charge is 0.00163 e. The molecule has 0 saturated heterocycles. The van der Waals surface area contributed by atoms with Crippen LogP contribution in [0.4, 0.5) is 0 Å². The summed E-state index contributed by atoms with van der Waals surface area (Å²) in [5, 5.41) is 0. The van der Waals surface area contributed by atoms with Crippen molar-refractivity contribution in [1.82, 2.24) is 4.90 Å². The van der Waals surface area contributed by atoms with Gasteiger partial charge in [0.2, 0.25) is 0 Å². The maximum atomic E-state index is 2.68. The molecular weight excluding hydrogens is 194 g/mol. The van der Waals surface area contributed by atoms with E-state index in [9.17, 15) is 0 Å². The second-order valence-corrected chi connectivity index (χ2v) is 5.91. The molecule has 1 heteroatoms. The van der Waals surface area contributed by atoms with E-state index in [1.54, 1.807) is 0 Å². The highest BCUT2D eigenvalue weighted by Gasteiger charge is 2.06. The minimum Gasteiger partial charge on any atom is -0.303 e. The van der Waals surface area contributed by atoms with Gasteiger partial charge in [0, 0.05) is 0 Å². The summed E-state index contributed by atoms with van der Waals surface area (Å²) < 4.78 is 0. The highest BCUT2D eigenvalue weighted by molar-refractivity contribution is 4.61. The molecule has 0 rings (SSSR count). The maximum Gasteiger partial charge on any atom is -0.00163 e. The van der Waals surface area contributed by atoms with Crippen molar-refractivity contribution >= 4 is 0 Å². The van der Waals surface area contributed by atoms with Crippen LogP contribution in [0.1, 0.15) is 66.7 Å². The molecule has 0 amide bonds. The zero-order valence-corrected chi connectivity index (χ0v) is 12.3. The Morgan fingerprint density at radius 2 is 1.25 bits per heavy atom. The van der Waals surface area contributed by atoms with Crippen molar-refractivity contribution in [3.63, 3.8) is 0 Å². The maximum absolute atomic E-state index is 2.68.